The van der Waals surface area contributed by atoms with Crippen LogP contribution in [0.2, 0.25) is 0 Å². The Balaban J connectivity index is 2.67. The highest BCUT2D eigenvalue weighted by Gasteiger charge is 2.15. The summed E-state index contributed by atoms with van der Waals surface area (Å²) in [7, 11) is 1.32. The topological polar surface area (TPSA) is 61.3 Å². The molecular formula is C13H20N2O3. The maximum atomic E-state index is 11.5. The van der Waals surface area contributed by atoms with Gasteiger partial charge in [-0.1, -0.05) is 13.8 Å². The standard InChI is InChI=1S/C13H20N2O3/c1-9(2)6-5-7-18-12-11(13(16)17-4)8-14-10(3)15-12/h8-9H,5-7H2,1-4H3. The van der Waals surface area contributed by atoms with E-state index in [0.717, 1.165) is 12.8 Å². The van der Waals surface area contributed by atoms with Gasteiger partial charge in [0.1, 0.15) is 11.4 Å². The summed E-state index contributed by atoms with van der Waals surface area (Å²) in [5.41, 5.74) is 0.271. The molecule has 0 aliphatic rings. The van der Waals surface area contributed by atoms with Gasteiger partial charge < -0.3 is 9.47 Å². The second-order valence-corrected chi connectivity index (χ2v) is 4.51. The minimum absolute atomic E-state index is 0.271. The molecule has 5 heteroatoms. The molecule has 0 unspecified atom stereocenters. The Hall–Kier alpha value is -1.65. The average molecular weight is 252 g/mol. The lowest BCUT2D eigenvalue weighted by molar-refractivity contribution is 0.0594. The predicted octanol–water partition coefficient (Wildman–Crippen LogP) is 2.39. The first kappa shape index (κ1) is 14.4. The van der Waals surface area contributed by atoms with Gasteiger partial charge in [0.25, 0.3) is 0 Å². The Morgan fingerprint density at radius 1 is 1.44 bits per heavy atom. The summed E-state index contributed by atoms with van der Waals surface area (Å²) < 4.78 is 10.2. The van der Waals surface area contributed by atoms with Crippen LogP contribution < -0.4 is 4.74 Å². The van der Waals surface area contributed by atoms with E-state index in [1.165, 1.54) is 13.3 Å². The molecule has 1 rings (SSSR count). The summed E-state index contributed by atoms with van der Waals surface area (Å²) in [4.78, 5) is 19.6. The van der Waals surface area contributed by atoms with Crippen molar-refractivity contribution < 1.29 is 14.3 Å². The van der Waals surface area contributed by atoms with Crippen molar-refractivity contribution in [2.45, 2.75) is 33.6 Å². The molecule has 0 N–H and O–H groups in total. The third-order valence-corrected chi connectivity index (χ3v) is 2.44. The molecule has 100 valence electrons. The number of nitrogens with zero attached hydrogens (tertiary/aromatic N) is 2. The molecule has 0 saturated carbocycles. The van der Waals surface area contributed by atoms with Crippen LogP contribution in [0.25, 0.3) is 0 Å². The number of ether oxygens (including phenoxy) is 2. The molecule has 0 spiro atoms. The first-order valence-electron chi connectivity index (χ1n) is 6.09. The number of carbonyl (C=O) groups excluding carboxylic acids is 1. The van der Waals surface area contributed by atoms with Crippen LogP contribution in [0.5, 0.6) is 5.88 Å². The van der Waals surface area contributed by atoms with Gasteiger partial charge >= 0.3 is 5.97 Å². The van der Waals surface area contributed by atoms with Crippen molar-refractivity contribution in [3.8, 4) is 5.88 Å². The maximum Gasteiger partial charge on any atom is 0.344 e. The van der Waals surface area contributed by atoms with Gasteiger partial charge in [-0.05, 0) is 25.7 Å². The smallest absolute Gasteiger partial charge is 0.344 e. The molecule has 0 atom stereocenters. The fraction of sp³-hybridized carbons (Fsp3) is 0.615. The van der Waals surface area contributed by atoms with E-state index >= 15 is 0 Å². The Labute approximate surface area is 108 Å². The number of hydrogen-bond donors (Lipinski definition) is 0. The number of hydrogen-bond acceptors (Lipinski definition) is 5. The third kappa shape index (κ3) is 4.31. The molecule has 0 bridgehead atoms. The van der Waals surface area contributed by atoms with E-state index in [1.54, 1.807) is 6.92 Å². The first-order valence-corrected chi connectivity index (χ1v) is 6.09. The summed E-state index contributed by atoms with van der Waals surface area (Å²) in [5, 5.41) is 0. The Morgan fingerprint density at radius 3 is 2.78 bits per heavy atom. The van der Waals surface area contributed by atoms with Gasteiger partial charge in [0.2, 0.25) is 5.88 Å². The fourth-order valence-electron chi connectivity index (χ4n) is 1.47. The van der Waals surface area contributed by atoms with Crippen LogP contribution >= 0.6 is 0 Å². The van der Waals surface area contributed by atoms with Crippen LogP contribution in [-0.4, -0.2) is 29.7 Å². The predicted molar refractivity (Wildman–Crippen MR) is 67.7 cm³/mol. The van der Waals surface area contributed by atoms with Gasteiger partial charge in [0.15, 0.2) is 0 Å². The first-order chi connectivity index (χ1) is 8.54. The minimum Gasteiger partial charge on any atom is -0.477 e. The molecule has 5 nitrogen and oxygen atoms in total. The van der Waals surface area contributed by atoms with E-state index in [1.807, 2.05) is 0 Å². The second-order valence-electron chi connectivity index (χ2n) is 4.51. The Bertz CT molecular complexity index is 405. The lowest BCUT2D eigenvalue weighted by atomic mass is 10.1. The van der Waals surface area contributed by atoms with E-state index in [2.05, 4.69) is 28.6 Å². The molecule has 0 aliphatic heterocycles. The summed E-state index contributed by atoms with van der Waals surface area (Å²) >= 11 is 0. The molecule has 1 aromatic rings. The van der Waals surface area contributed by atoms with Crippen LogP contribution in [0, 0.1) is 12.8 Å². The highest BCUT2D eigenvalue weighted by molar-refractivity contribution is 5.91. The quantitative estimate of drug-likeness (QED) is 0.574. The fourth-order valence-corrected chi connectivity index (χ4v) is 1.47. The highest BCUT2D eigenvalue weighted by Crippen LogP contribution is 2.16. The number of carbonyl (C=O) groups is 1. The molecule has 18 heavy (non-hydrogen) atoms. The van der Waals surface area contributed by atoms with Crippen molar-refractivity contribution >= 4 is 5.97 Å². The number of esters is 1. The van der Waals surface area contributed by atoms with Crippen molar-refractivity contribution in [1.29, 1.82) is 0 Å². The van der Waals surface area contributed by atoms with Gasteiger partial charge in [0, 0.05) is 6.20 Å². The summed E-state index contributed by atoms with van der Waals surface area (Å²) in [5.74, 6) is 1.04. The van der Waals surface area contributed by atoms with E-state index in [-0.39, 0.29) is 5.56 Å². The van der Waals surface area contributed by atoms with Gasteiger partial charge in [-0.3, -0.25) is 0 Å². The van der Waals surface area contributed by atoms with E-state index in [9.17, 15) is 4.79 Å². The number of rotatable bonds is 6. The molecule has 0 fully saturated rings. The second kappa shape index (κ2) is 6.93. The van der Waals surface area contributed by atoms with E-state index in [4.69, 9.17) is 4.74 Å². The van der Waals surface area contributed by atoms with Gasteiger partial charge in [-0.15, -0.1) is 0 Å². The zero-order chi connectivity index (χ0) is 13.5. The van der Waals surface area contributed by atoms with Crippen molar-refractivity contribution in [1.82, 2.24) is 9.97 Å². The maximum absolute atomic E-state index is 11.5. The largest absolute Gasteiger partial charge is 0.477 e. The van der Waals surface area contributed by atoms with Crippen LogP contribution in [0.1, 0.15) is 42.9 Å². The molecule has 1 aromatic heterocycles. The monoisotopic (exact) mass is 252 g/mol. The van der Waals surface area contributed by atoms with Crippen LogP contribution in [0.15, 0.2) is 6.20 Å². The lowest BCUT2D eigenvalue weighted by Gasteiger charge is -2.10. The van der Waals surface area contributed by atoms with Crippen LogP contribution in [0.3, 0.4) is 0 Å². The van der Waals surface area contributed by atoms with Crippen LogP contribution in [-0.2, 0) is 4.74 Å². The molecular weight excluding hydrogens is 232 g/mol. The molecule has 0 aromatic carbocycles. The van der Waals surface area contributed by atoms with Crippen molar-refractivity contribution in [2.24, 2.45) is 5.92 Å². The number of aryl methyl sites for hydroxylation is 1. The van der Waals surface area contributed by atoms with Crippen molar-refractivity contribution in [2.75, 3.05) is 13.7 Å². The molecule has 0 radical (unpaired) electrons. The zero-order valence-electron chi connectivity index (χ0n) is 11.4. The molecule has 0 amide bonds. The van der Waals surface area contributed by atoms with Crippen molar-refractivity contribution in [3.63, 3.8) is 0 Å². The SMILES string of the molecule is COC(=O)c1cnc(C)nc1OCCCC(C)C. The van der Waals surface area contributed by atoms with Gasteiger partial charge in [-0.25, -0.2) is 9.78 Å². The molecule has 0 saturated heterocycles. The summed E-state index contributed by atoms with van der Waals surface area (Å²) in [6.45, 7) is 6.62. The lowest BCUT2D eigenvalue weighted by Crippen LogP contribution is -2.10. The number of methoxy groups -OCH3 is 1. The zero-order valence-corrected chi connectivity index (χ0v) is 11.4. The molecule has 1 heterocycles. The highest BCUT2D eigenvalue weighted by atomic mass is 16.5. The van der Waals surface area contributed by atoms with Gasteiger partial charge in [-0.2, -0.15) is 4.98 Å². The summed E-state index contributed by atoms with van der Waals surface area (Å²) in [6, 6.07) is 0. The molecule has 0 aliphatic carbocycles. The normalized spacial score (nSPS) is 10.5. The van der Waals surface area contributed by atoms with Crippen molar-refractivity contribution in [3.05, 3.63) is 17.6 Å². The average Bonchev–Trinajstić information content (AvgIpc) is 2.33. The third-order valence-electron chi connectivity index (χ3n) is 2.44. The Morgan fingerprint density at radius 2 is 2.17 bits per heavy atom. The van der Waals surface area contributed by atoms with E-state index in [0.29, 0.717) is 24.2 Å². The Kier molecular flexibility index (Phi) is 5.55. The van der Waals surface area contributed by atoms with Gasteiger partial charge in [0.05, 0.1) is 13.7 Å². The van der Waals surface area contributed by atoms with E-state index < -0.39 is 5.97 Å². The summed E-state index contributed by atoms with van der Waals surface area (Å²) in [6.07, 6.45) is 3.45. The number of aromatic nitrogens is 2. The van der Waals surface area contributed by atoms with Crippen LogP contribution in [0.4, 0.5) is 0 Å². The minimum atomic E-state index is -0.478.